The van der Waals surface area contributed by atoms with Crippen LogP contribution < -0.4 is 10.6 Å². The zero-order valence-corrected chi connectivity index (χ0v) is 21.2. The second-order valence-electron chi connectivity index (χ2n) is 10.2. The van der Waals surface area contributed by atoms with Gasteiger partial charge < -0.3 is 20.3 Å². The van der Waals surface area contributed by atoms with Crippen LogP contribution in [0.5, 0.6) is 0 Å². The molecule has 1 saturated heterocycles. The third kappa shape index (κ3) is 6.23. The quantitative estimate of drug-likeness (QED) is 0.521. The Morgan fingerprint density at radius 1 is 1.14 bits per heavy atom. The number of ether oxygens (including phenoxy) is 1. The highest BCUT2D eigenvalue weighted by Gasteiger charge is 2.33. The van der Waals surface area contributed by atoms with Crippen LogP contribution in [0.2, 0.25) is 0 Å². The fraction of sp³-hybridized carbons (Fsp3) is 0.423. The first-order valence-electron chi connectivity index (χ1n) is 11.8. The van der Waals surface area contributed by atoms with Gasteiger partial charge in [0.15, 0.2) is 5.82 Å². The molecule has 184 valence electrons. The molecule has 9 nitrogen and oxygen atoms in total. The zero-order chi connectivity index (χ0) is 25.2. The largest absolute Gasteiger partial charge is 0.444 e. The van der Waals surface area contributed by atoms with E-state index in [1.807, 2.05) is 64.4 Å². The first-order chi connectivity index (χ1) is 16.6. The number of rotatable bonds is 6. The Hall–Kier alpha value is -3.75. The highest BCUT2D eigenvalue weighted by molar-refractivity contribution is 5.80. The van der Waals surface area contributed by atoms with Crippen LogP contribution in [-0.4, -0.2) is 55.9 Å². The number of pyridine rings is 2. The van der Waals surface area contributed by atoms with E-state index in [0.29, 0.717) is 30.6 Å². The van der Waals surface area contributed by atoms with Crippen molar-refractivity contribution in [3.8, 4) is 0 Å². The van der Waals surface area contributed by atoms with Crippen molar-refractivity contribution in [3.05, 3.63) is 54.0 Å². The summed E-state index contributed by atoms with van der Waals surface area (Å²) in [4.78, 5) is 23.1. The molecule has 1 fully saturated rings. The fourth-order valence-corrected chi connectivity index (χ4v) is 3.57. The minimum Gasteiger partial charge on any atom is -0.444 e. The molecule has 0 radical (unpaired) electrons. The van der Waals surface area contributed by atoms with Crippen molar-refractivity contribution >= 4 is 34.3 Å². The number of nitrogens with zero attached hydrogens (tertiary/aromatic N) is 5. The lowest BCUT2D eigenvalue weighted by atomic mass is 10.1. The van der Waals surface area contributed by atoms with Gasteiger partial charge in [-0.05, 0) is 74.6 Å². The maximum atomic E-state index is 12.1. The van der Waals surface area contributed by atoms with Crippen molar-refractivity contribution in [1.82, 2.24) is 30.4 Å². The molecule has 2 N–H and O–H groups in total. The van der Waals surface area contributed by atoms with Crippen molar-refractivity contribution in [2.24, 2.45) is 0 Å². The van der Waals surface area contributed by atoms with Gasteiger partial charge in [-0.2, -0.15) is 5.10 Å². The van der Waals surface area contributed by atoms with E-state index >= 15 is 0 Å². The molecule has 1 amide bonds. The summed E-state index contributed by atoms with van der Waals surface area (Å²) in [5, 5.41) is 14.9. The molecule has 0 spiro atoms. The van der Waals surface area contributed by atoms with Crippen LogP contribution in [0, 0.1) is 0 Å². The average Bonchev–Trinajstić information content (AvgIpc) is 2.76. The highest BCUT2D eigenvalue weighted by Crippen LogP contribution is 2.22. The van der Waals surface area contributed by atoms with Crippen LogP contribution >= 0.6 is 0 Å². The van der Waals surface area contributed by atoms with Crippen LogP contribution in [0.4, 0.5) is 16.4 Å². The van der Waals surface area contributed by atoms with Crippen molar-refractivity contribution in [2.75, 3.05) is 18.4 Å². The van der Waals surface area contributed by atoms with Gasteiger partial charge in [0.25, 0.3) is 0 Å². The molecule has 3 aromatic heterocycles. The third-order valence-corrected chi connectivity index (χ3v) is 5.66. The predicted molar refractivity (Wildman–Crippen MR) is 137 cm³/mol. The number of amides is 1. The Balaban J connectivity index is 1.40. The number of likely N-dealkylation sites (tertiary alicyclic amines) is 1. The fourth-order valence-electron chi connectivity index (χ4n) is 3.57. The molecule has 0 aromatic carbocycles. The minimum absolute atomic E-state index is 0.197. The lowest BCUT2D eigenvalue weighted by molar-refractivity contribution is 0.00662. The second-order valence-corrected chi connectivity index (χ2v) is 10.2. The van der Waals surface area contributed by atoms with Gasteiger partial charge in [0.2, 0.25) is 0 Å². The SMILES string of the molecule is C/C(=C\NC1CN(C(=O)OC(C)(C)C)C1)c1cnc2ccc(Nc3cc(C(C)C)cnn3)nc2c1. The number of carbonyl (C=O) groups excluding carboxylic acids is 1. The summed E-state index contributed by atoms with van der Waals surface area (Å²) in [6, 6.07) is 8.02. The van der Waals surface area contributed by atoms with E-state index < -0.39 is 5.60 Å². The summed E-state index contributed by atoms with van der Waals surface area (Å²) in [5.41, 5.74) is 4.23. The lowest BCUT2D eigenvalue weighted by Crippen LogP contribution is -2.59. The smallest absolute Gasteiger partial charge is 0.410 e. The molecule has 0 saturated carbocycles. The van der Waals surface area contributed by atoms with Gasteiger partial charge in [0, 0.05) is 25.5 Å². The van der Waals surface area contributed by atoms with Crippen molar-refractivity contribution in [1.29, 1.82) is 0 Å². The number of allylic oxidation sites excluding steroid dienone is 1. The molecule has 4 rings (SSSR count). The van der Waals surface area contributed by atoms with Gasteiger partial charge >= 0.3 is 6.09 Å². The van der Waals surface area contributed by atoms with Crippen LogP contribution in [0.1, 0.15) is 58.6 Å². The standard InChI is InChI=1S/C26H33N7O2/c1-16(2)18-10-24(32-29-13-18)31-23-8-7-21-22(30-23)9-19(12-28-21)17(3)11-27-20-14-33(15-20)25(34)35-26(4,5)6/h7-13,16,20,27H,14-15H2,1-6H3,(H,30,31,32)/b17-11+. The van der Waals surface area contributed by atoms with Gasteiger partial charge in [-0.3, -0.25) is 4.98 Å². The van der Waals surface area contributed by atoms with Crippen molar-refractivity contribution in [3.63, 3.8) is 0 Å². The van der Waals surface area contributed by atoms with E-state index in [4.69, 9.17) is 9.72 Å². The molecule has 9 heteroatoms. The maximum absolute atomic E-state index is 12.1. The molecular formula is C26H33N7O2. The molecule has 4 heterocycles. The first kappa shape index (κ1) is 24.4. The summed E-state index contributed by atoms with van der Waals surface area (Å²) in [5.74, 6) is 1.71. The van der Waals surface area contributed by atoms with E-state index in [2.05, 4.69) is 39.7 Å². The summed E-state index contributed by atoms with van der Waals surface area (Å²) in [6.07, 6.45) is 5.32. The summed E-state index contributed by atoms with van der Waals surface area (Å²) in [6.45, 7) is 13.1. The van der Waals surface area contributed by atoms with Crippen LogP contribution in [0.15, 0.2) is 42.9 Å². The molecule has 0 unspecified atom stereocenters. The Bertz CT molecular complexity index is 1240. The molecule has 0 bridgehead atoms. The zero-order valence-electron chi connectivity index (χ0n) is 21.2. The van der Waals surface area contributed by atoms with Gasteiger partial charge in [-0.1, -0.05) is 13.8 Å². The van der Waals surface area contributed by atoms with E-state index in [0.717, 1.165) is 27.7 Å². The molecule has 35 heavy (non-hydrogen) atoms. The predicted octanol–water partition coefficient (Wildman–Crippen LogP) is 4.86. The normalized spacial score (nSPS) is 14.7. The van der Waals surface area contributed by atoms with Crippen LogP contribution in [0.3, 0.4) is 0 Å². The van der Waals surface area contributed by atoms with Crippen LogP contribution in [0.25, 0.3) is 16.6 Å². The topological polar surface area (TPSA) is 105 Å². The van der Waals surface area contributed by atoms with Gasteiger partial charge in [-0.15, -0.1) is 5.10 Å². The van der Waals surface area contributed by atoms with Gasteiger partial charge in [0.1, 0.15) is 11.4 Å². The van der Waals surface area contributed by atoms with E-state index in [1.165, 1.54) is 0 Å². The van der Waals surface area contributed by atoms with Crippen molar-refractivity contribution < 1.29 is 9.53 Å². The number of nitrogens with one attached hydrogen (secondary N) is 2. The Kier molecular flexibility index (Phi) is 6.86. The van der Waals surface area contributed by atoms with Gasteiger partial charge in [-0.25, -0.2) is 9.78 Å². The van der Waals surface area contributed by atoms with E-state index in [-0.39, 0.29) is 12.1 Å². The second kappa shape index (κ2) is 9.85. The lowest BCUT2D eigenvalue weighted by Gasteiger charge is -2.39. The summed E-state index contributed by atoms with van der Waals surface area (Å²) in [7, 11) is 0. The number of hydrogen-bond acceptors (Lipinski definition) is 8. The molecule has 0 atom stereocenters. The Morgan fingerprint density at radius 2 is 1.91 bits per heavy atom. The minimum atomic E-state index is -0.482. The maximum Gasteiger partial charge on any atom is 0.410 e. The molecule has 0 aliphatic carbocycles. The highest BCUT2D eigenvalue weighted by atomic mass is 16.6. The Morgan fingerprint density at radius 3 is 2.63 bits per heavy atom. The van der Waals surface area contributed by atoms with Crippen molar-refractivity contribution in [2.45, 2.75) is 59.1 Å². The molecule has 1 aliphatic rings. The Labute approximate surface area is 206 Å². The number of carbonyl (C=O) groups is 1. The first-order valence-corrected chi connectivity index (χ1v) is 11.8. The monoisotopic (exact) mass is 475 g/mol. The average molecular weight is 476 g/mol. The van der Waals surface area contributed by atoms with Crippen LogP contribution in [-0.2, 0) is 4.74 Å². The number of fused-ring (bicyclic) bond motifs is 1. The molecular weight excluding hydrogens is 442 g/mol. The van der Waals surface area contributed by atoms with E-state index in [9.17, 15) is 4.79 Å². The number of hydrogen-bond donors (Lipinski definition) is 2. The molecule has 3 aromatic rings. The van der Waals surface area contributed by atoms with Gasteiger partial charge in [0.05, 0.1) is 23.3 Å². The third-order valence-electron chi connectivity index (χ3n) is 5.66. The van der Waals surface area contributed by atoms with E-state index in [1.54, 1.807) is 11.1 Å². The number of anilines is 2. The summed E-state index contributed by atoms with van der Waals surface area (Å²) >= 11 is 0. The summed E-state index contributed by atoms with van der Waals surface area (Å²) < 4.78 is 5.41. The number of aromatic nitrogens is 4. The molecule has 1 aliphatic heterocycles.